The number of anilines is 1. The van der Waals surface area contributed by atoms with Crippen molar-refractivity contribution in [3.8, 4) is 0 Å². The number of nitrogen functional groups attached to an aromatic ring is 1. The molecule has 2 heterocycles. The Morgan fingerprint density at radius 3 is 2.32 bits per heavy atom. The minimum Gasteiger partial charge on any atom is -0.397 e. The lowest BCUT2D eigenvalue weighted by molar-refractivity contribution is 0.0852. The third-order valence-corrected chi connectivity index (χ3v) is 4.82. The Morgan fingerprint density at radius 1 is 1.04 bits per heavy atom. The maximum Gasteiger partial charge on any atom is 0.296 e. The maximum atomic E-state index is 12.8. The summed E-state index contributed by atoms with van der Waals surface area (Å²) < 4.78 is 33.7. The normalized spacial score (nSPS) is 14.4. The maximum absolute atomic E-state index is 12.8. The molecule has 3 aromatic rings. The first-order valence-electron chi connectivity index (χ1n) is 6.87. The molecule has 0 atom stereocenters. The number of amides is 2. The predicted molar refractivity (Wildman–Crippen MR) is 85.1 cm³/mol. The van der Waals surface area contributed by atoms with Gasteiger partial charge in [-0.15, -0.1) is 10.2 Å². The number of hydrogen-bond acceptors (Lipinski definition) is 7. The van der Waals surface area contributed by atoms with Crippen molar-refractivity contribution in [3.05, 3.63) is 48.0 Å². The first-order valence-corrected chi connectivity index (χ1v) is 8.31. The van der Waals surface area contributed by atoms with Crippen LogP contribution in [0.1, 0.15) is 20.7 Å². The summed E-state index contributed by atoms with van der Waals surface area (Å²) in [5.74, 6) is -1.43. The van der Waals surface area contributed by atoms with E-state index >= 15 is 0 Å². The van der Waals surface area contributed by atoms with Crippen LogP contribution in [-0.2, 0) is 10.1 Å². The quantitative estimate of drug-likeness (QED) is 0.374. The molecular weight excluding hydrogens is 350 g/mol. The van der Waals surface area contributed by atoms with Gasteiger partial charge >= 0.3 is 0 Å². The molecule has 2 amide bonds. The fourth-order valence-electron chi connectivity index (χ4n) is 2.87. The molecule has 1 aliphatic rings. The van der Waals surface area contributed by atoms with E-state index in [4.69, 9.17) is 5.73 Å². The molecule has 0 bridgehead atoms. The van der Waals surface area contributed by atoms with Crippen LogP contribution in [0.3, 0.4) is 0 Å². The molecule has 0 spiro atoms. The summed E-state index contributed by atoms with van der Waals surface area (Å²) in [6, 6.07) is 5.43. The second kappa shape index (κ2) is 4.84. The second-order valence-electron chi connectivity index (χ2n) is 5.30. The van der Waals surface area contributed by atoms with E-state index in [1.165, 1.54) is 18.2 Å². The number of nitrogens with zero attached hydrogens (tertiary/aromatic N) is 4. The summed E-state index contributed by atoms with van der Waals surface area (Å²) in [6.45, 7) is 0. The van der Waals surface area contributed by atoms with E-state index in [1.807, 2.05) is 0 Å². The summed E-state index contributed by atoms with van der Waals surface area (Å²) >= 11 is 0. The van der Waals surface area contributed by atoms with Crippen LogP contribution in [0.2, 0.25) is 0 Å². The number of carbonyl (C=O) groups excluding carboxylic acids is 2. The summed E-state index contributed by atoms with van der Waals surface area (Å²) in [5, 5.41) is 8.29. The van der Waals surface area contributed by atoms with E-state index in [0.717, 1.165) is 28.4 Å². The molecule has 0 aliphatic carbocycles. The Morgan fingerprint density at radius 2 is 1.68 bits per heavy atom. The van der Waals surface area contributed by atoms with Crippen molar-refractivity contribution in [2.24, 2.45) is 0 Å². The largest absolute Gasteiger partial charge is 0.397 e. The Kier molecular flexibility index (Phi) is 2.95. The van der Waals surface area contributed by atoms with E-state index in [0.29, 0.717) is 0 Å². The molecule has 10 nitrogen and oxygen atoms in total. The van der Waals surface area contributed by atoms with Crippen LogP contribution in [0, 0.1) is 0 Å². The van der Waals surface area contributed by atoms with Crippen LogP contribution in [0.15, 0.2) is 41.8 Å². The highest BCUT2D eigenvalue weighted by Crippen LogP contribution is 2.36. The number of rotatable bonds is 2. The lowest BCUT2D eigenvalue weighted by atomic mass is 9.94. The van der Waals surface area contributed by atoms with Crippen LogP contribution in [-0.4, -0.2) is 39.7 Å². The monoisotopic (exact) mass is 359 g/mol. The van der Waals surface area contributed by atoms with Gasteiger partial charge in [0.25, 0.3) is 21.9 Å². The topological polar surface area (TPSA) is 148 Å². The van der Waals surface area contributed by atoms with Crippen LogP contribution in [0.4, 0.5) is 5.69 Å². The number of aromatic nitrogens is 3. The van der Waals surface area contributed by atoms with E-state index in [2.05, 4.69) is 10.2 Å². The zero-order valence-electron chi connectivity index (χ0n) is 12.3. The highest BCUT2D eigenvalue weighted by atomic mass is 32.2. The molecule has 0 fully saturated rings. The third kappa shape index (κ3) is 2.03. The van der Waals surface area contributed by atoms with Gasteiger partial charge in [-0.1, -0.05) is 12.1 Å². The van der Waals surface area contributed by atoms with Crippen molar-refractivity contribution in [2.45, 2.75) is 4.90 Å². The highest BCUT2D eigenvalue weighted by molar-refractivity contribution is 7.86. The molecule has 0 saturated heterocycles. The number of carbonyl (C=O) groups is 2. The minimum atomic E-state index is -4.67. The standard InChI is InChI=1S/C14H9N5O5S/c15-12-7-2-1-3-8-11(7)9(4-10(12)25(22,23)24)14(21)19(13(8)20)18-5-16-17-6-18/h1-6H,15H2,(H,22,23,24). The zero-order valence-corrected chi connectivity index (χ0v) is 13.1. The van der Waals surface area contributed by atoms with Crippen LogP contribution >= 0.6 is 0 Å². The number of benzene rings is 2. The van der Waals surface area contributed by atoms with Gasteiger partial charge in [0.15, 0.2) is 0 Å². The summed E-state index contributed by atoms with van der Waals surface area (Å²) in [4.78, 5) is 24.9. The Hall–Kier alpha value is -3.31. The van der Waals surface area contributed by atoms with Gasteiger partial charge < -0.3 is 5.73 Å². The van der Waals surface area contributed by atoms with E-state index < -0.39 is 26.8 Å². The first-order chi connectivity index (χ1) is 11.8. The van der Waals surface area contributed by atoms with Crippen LogP contribution in [0.5, 0.6) is 0 Å². The van der Waals surface area contributed by atoms with Crippen molar-refractivity contribution in [3.63, 3.8) is 0 Å². The SMILES string of the molecule is Nc1c(S(=O)(=O)O)cc2c3c(cccc13)C(=O)N(n1cnnc1)C2=O. The smallest absolute Gasteiger partial charge is 0.296 e. The van der Waals surface area contributed by atoms with Gasteiger partial charge in [0, 0.05) is 10.8 Å². The zero-order chi connectivity index (χ0) is 17.9. The number of imide groups is 1. The molecule has 0 radical (unpaired) electrons. The average Bonchev–Trinajstić information content (AvgIpc) is 3.07. The van der Waals surface area contributed by atoms with Crippen molar-refractivity contribution < 1.29 is 22.6 Å². The van der Waals surface area contributed by atoms with Crippen molar-refractivity contribution >= 4 is 38.4 Å². The van der Waals surface area contributed by atoms with Crippen LogP contribution < -0.4 is 10.7 Å². The Bertz CT molecular complexity index is 1170. The fourth-order valence-corrected chi connectivity index (χ4v) is 3.52. The number of hydrogen-bond donors (Lipinski definition) is 2. The molecule has 0 unspecified atom stereocenters. The lowest BCUT2D eigenvalue weighted by Crippen LogP contribution is -2.47. The molecule has 126 valence electrons. The van der Waals surface area contributed by atoms with Gasteiger partial charge in [-0.2, -0.15) is 13.4 Å². The summed E-state index contributed by atoms with van der Waals surface area (Å²) in [7, 11) is -4.67. The predicted octanol–water partition coefficient (Wildman–Crippen LogP) is 0.192. The van der Waals surface area contributed by atoms with Crippen LogP contribution in [0.25, 0.3) is 10.8 Å². The summed E-state index contributed by atoms with van der Waals surface area (Å²) in [5.41, 5.74) is 5.69. The molecule has 3 N–H and O–H groups in total. The molecule has 0 saturated carbocycles. The average molecular weight is 359 g/mol. The van der Waals surface area contributed by atoms with E-state index in [1.54, 1.807) is 0 Å². The first kappa shape index (κ1) is 15.2. The van der Waals surface area contributed by atoms with Gasteiger partial charge in [0.2, 0.25) is 0 Å². The van der Waals surface area contributed by atoms with E-state index in [9.17, 15) is 22.6 Å². The molecule has 11 heteroatoms. The highest BCUT2D eigenvalue weighted by Gasteiger charge is 2.36. The van der Waals surface area contributed by atoms with Gasteiger partial charge in [-0.3, -0.25) is 14.1 Å². The van der Waals surface area contributed by atoms with Gasteiger partial charge in [-0.05, 0) is 12.1 Å². The van der Waals surface area contributed by atoms with Gasteiger partial charge in [0.05, 0.1) is 16.8 Å². The fraction of sp³-hybridized carbons (Fsp3) is 0. The van der Waals surface area contributed by atoms with Gasteiger partial charge in [0.1, 0.15) is 17.6 Å². The summed E-state index contributed by atoms with van der Waals surface area (Å²) in [6.07, 6.45) is 2.31. The molecule has 25 heavy (non-hydrogen) atoms. The lowest BCUT2D eigenvalue weighted by Gasteiger charge is -2.27. The molecule has 4 rings (SSSR count). The van der Waals surface area contributed by atoms with Crippen molar-refractivity contribution in [2.75, 3.05) is 10.7 Å². The number of nitrogens with two attached hydrogens (primary N) is 1. The Balaban J connectivity index is 2.12. The molecule has 1 aliphatic heterocycles. The molecular formula is C14H9N5O5S. The van der Waals surface area contributed by atoms with Crippen molar-refractivity contribution in [1.82, 2.24) is 14.9 Å². The second-order valence-corrected chi connectivity index (χ2v) is 6.69. The van der Waals surface area contributed by atoms with Crippen molar-refractivity contribution in [1.29, 1.82) is 0 Å². The molecule has 2 aromatic carbocycles. The van der Waals surface area contributed by atoms with Gasteiger partial charge in [-0.25, -0.2) is 4.68 Å². The third-order valence-electron chi connectivity index (χ3n) is 3.93. The Labute approximate surface area is 140 Å². The van der Waals surface area contributed by atoms with E-state index in [-0.39, 0.29) is 27.6 Å². The molecule has 1 aromatic heterocycles. The minimum absolute atomic E-state index is 0.0827.